The van der Waals surface area contributed by atoms with Crippen molar-refractivity contribution in [1.29, 1.82) is 0 Å². The van der Waals surface area contributed by atoms with Crippen LogP contribution in [0.4, 0.5) is 11.4 Å². The molecule has 2 aromatic heterocycles. The van der Waals surface area contributed by atoms with Crippen LogP contribution in [0.25, 0.3) is 52.1 Å². The van der Waals surface area contributed by atoms with Crippen LogP contribution < -0.4 is 5.32 Å². The zero-order chi connectivity index (χ0) is 23.2. The summed E-state index contributed by atoms with van der Waals surface area (Å²) in [4.78, 5) is 4.77. The van der Waals surface area contributed by atoms with E-state index in [-0.39, 0.29) is 0 Å². The first kappa shape index (κ1) is 20.4. The molecule has 0 amide bonds. The van der Waals surface area contributed by atoms with Crippen LogP contribution in [0.15, 0.2) is 115 Å². The first-order chi connectivity index (χ1) is 17.3. The highest BCUT2D eigenvalue weighted by atomic mass is 32.1. The monoisotopic (exact) mass is 484 g/mol. The van der Waals surface area contributed by atoms with E-state index in [0.717, 1.165) is 27.5 Å². The van der Waals surface area contributed by atoms with Crippen molar-refractivity contribution in [2.24, 2.45) is 0 Å². The summed E-state index contributed by atoms with van der Waals surface area (Å²) < 4.78 is 3.90. The maximum Gasteiger partial charge on any atom is 0.124 e. The van der Waals surface area contributed by atoms with E-state index < -0.39 is 0 Å². The average Bonchev–Trinajstić information content (AvgIpc) is 3.51. The molecule has 0 atom stereocenters. The Kier molecular flexibility index (Phi) is 4.86. The van der Waals surface area contributed by atoms with E-state index in [9.17, 15) is 0 Å². The molecule has 5 aromatic carbocycles. The Hall–Kier alpha value is -3.99. The number of fused-ring (bicyclic) bond motifs is 4. The zero-order valence-electron chi connectivity index (χ0n) is 18.7. The molecule has 7 aromatic rings. The van der Waals surface area contributed by atoms with Crippen LogP contribution in [0.2, 0.25) is 0 Å². The predicted octanol–water partition coefficient (Wildman–Crippen LogP) is 9.74. The number of thiazole rings is 1. The third kappa shape index (κ3) is 3.77. The van der Waals surface area contributed by atoms with Gasteiger partial charge in [-0.2, -0.15) is 0 Å². The number of hydrogen-bond donors (Lipinski definition) is 1. The van der Waals surface area contributed by atoms with Crippen molar-refractivity contribution in [2.75, 3.05) is 5.32 Å². The van der Waals surface area contributed by atoms with E-state index in [0.29, 0.717) is 0 Å². The molecular weight excluding hydrogens is 464 g/mol. The zero-order valence-corrected chi connectivity index (χ0v) is 20.4. The summed E-state index contributed by atoms with van der Waals surface area (Å²) in [6, 6.07) is 40.9. The van der Waals surface area contributed by atoms with Gasteiger partial charge in [-0.1, -0.05) is 48.5 Å². The Labute approximate surface area is 211 Å². The Morgan fingerprint density at radius 2 is 1.11 bits per heavy atom. The van der Waals surface area contributed by atoms with E-state index >= 15 is 0 Å². The van der Waals surface area contributed by atoms with Crippen LogP contribution in [0.5, 0.6) is 0 Å². The maximum absolute atomic E-state index is 4.77. The fourth-order valence-electron chi connectivity index (χ4n) is 4.51. The maximum atomic E-state index is 4.77. The van der Waals surface area contributed by atoms with E-state index in [1.807, 2.05) is 17.4 Å². The molecule has 0 radical (unpaired) electrons. The summed E-state index contributed by atoms with van der Waals surface area (Å²) in [6.45, 7) is 0. The number of nitrogens with zero attached hydrogens (tertiary/aromatic N) is 1. The number of para-hydroxylation sites is 1. The van der Waals surface area contributed by atoms with Crippen molar-refractivity contribution < 1.29 is 0 Å². The molecule has 35 heavy (non-hydrogen) atoms. The summed E-state index contributed by atoms with van der Waals surface area (Å²) >= 11 is 3.59. The highest BCUT2D eigenvalue weighted by Gasteiger charge is 2.08. The number of nitrogens with one attached hydrogen (secondary N) is 1. The molecule has 0 saturated carbocycles. The molecule has 0 bridgehead atoms. The number of rotatable bonds is 4. The first-order valence-corrected chi connectivity index (χ1v) is 13.2. The fourth-order valence-corrected chi connectivity index (χ4v) is 6.57. The molecule has 0 aliphatic heterocycles. The van der Waals surface area contributed by atoms with Gasteiger partial charge in [0, 0.05) is 37.1 Å². The van der Waals surface area contributed by atoms with Gasteiger partial charge in [0.15, 0.2) is 0 Å². The van der Waals surface area contributed by atoms with Crippen LogP contribution in [0.1, 0.15) is 0 Å². The minimum Gasteiger partial charge on any atom is -0.356 e. The van der Waals surface area contributed by atoms with Gasteiger partial charge in [-0.25, -0.2) is 4.98 Å². The van der Waals surface area contributed by atoms with Crippen molar-refractivity contribution in [1.82, 2.24) is 4.98 Å². The van der Waals surface area contributed by atoms with Gasteiger partial charge in [-0.15, -0.1) is 22.7 Å². The molecule has 166 valence electrons. The van der Waals surface area contributed by atoms with E-state index in [1.54, 1.807) is 11.3 Å². The minimum atomic E-state index is 1.05. The molecule has 7 rings (SSSR count). The van der Waals surface area contributed by atoms with Crippen LogP contribution >= 0.6 is 22.7 Å². The molecule has 4 heteroatoms. The topological polar surface area (TPSA) is 24.9 Å². The Balaban J connectivity index is 1.12. The van der Waals surface area contributed by atoms with Crippen molar-refractivity contribution in [3.05, 3.63) is 115 Å². The van der Waals surface area contributed by atoms with Gasteiger partial charge in [-0.05, 0) is 77.9 Å². The second kappa shape index (κ2) is 8.35. The van der Waals surface area contributed by atoms with E-state index in [2.05, 4.69) is 115 Å². The molecular formula is C31H20N2S2. The highest BCUT2D eigenvalue weighted by Crippen LogP contribution is 2.36. The van der Waals surface area contributed by atoms with Crippen molar-refractivity contribution >= 4 is 64.4 Å². The van der Waals surface area contributed by atoms with Gasteiger partial charge in [0.25, 0.3) is 0 Å². The second-order valence-electron chi connectivity index (χ2n) is 8.58. The molecule has 0 fully saturated rings. The standard InChI is InChI=1S/C31H20N2S2/c1-3-7-28-25(5-1)26-19-22(13-18-29(26)34-28)20-9-14-23(15-10-20)32-24-16-11-21(12-17-24)31-33-27-6-2-4-8-30(27)35-31/h1-19,32H. The summed E-state index contributed by atoms with van der Waals surface area (Å²) in [5, 5.41) is 7.24. The van der Waals surface area contributed by atoms with Crippen LogP contribution in [0, 0.1) is 0 Å². The lowest BCUT2D eigenvalue weighted by Crippen LogP contribution is -1.90. The van der Waals surface area contributed by atoms with Crippen LogP contribution in [0.3, 0.4) is 0 Å². The van der Waals surface area contributed by atoms with Gasteiger partial charge in [0.2, 0.25) is 0 Å². The summed E-state index contributed by atoms with van der Waals surface area (Å²) in [7, 11) is 0. The normalized spacial score (nSPS) is 11.4. The molecule has 0 spiro atoms. The first-order valence-electron chi connectivity index (χ1n) is 11.5. The molecule has 0 aliphatic carbocycles. The lowest BCUT2D eigenvalue weighted by atomic mass is 10.0. The van der Waals surface area contributed by atoms with E-state index in [4.69, 9.17) is 4.98 Å². The number of anilines is 2. The average molecular weight is 485 g/mol. The summed E-state index contributed by atoms with van der Waals surface area (Å²) in [6.07, 6.45) is 0. The third-order valence-corrected chi connectivity index (χ3v) is 8.55. The smallest absolute Gasteiger partial charge is 0.124 e. The van der Waals surface area contributed by atoms with Gasteiger partial charge in [-0.3, -0.25) is 0 Å². The Morgan fingerprint density at radius 1 is 0.486 bits per heavy atom. The van der Waals surface area contributed by atoms with Crippen LogP contribution in [-0.4, -0.2) is 4.98 Å². The third-order valence-electron chi connectivity index (χ3n) is 6.31. The van der Waals surface area contributed by atoms with Crippen molar-refractivity contribution in [3.8, 4) is 21.7 Å². The molecule has 2 heterocycles. The van der Waals surface area contributed by atoms with Gasteiger partial charge < -0.3 is 5.32 Å². The van der Waals surface area contributed by atoms with Gasteiger partial charge >= 0.3 is 0 Å². The Bertz CT molecular complexity index is 1780. The van der Waals surface area contributed by atoms with Crippen molar-refractivity contribution in [2.45, 2.75) is 0 Å². The van der Waals surface area contributed by atoms with Crippen molar-refractivity contribution in [3.63, 3.8) is 0 Å². The predicted molar refractivity (Wildman–Crippen MR) is 153 cm³/mol. The van der Waals surface area contributed by atoms with E-state index in [1.165, 1.54) is 36.0 Å². The molecule has 0 saturated heterocycles. The largest absolute Gasteiger partial charge is 0.356 e. The summed E-state index contributed by atoms with van der Waals surface area (Å²) in [5.74, 6) is 0. The van der Waals surface area contributed by atoms with Gasteiger partial charge in [0.1, 0.15) is 5.01 Å². The minimum absolute atomic E-state index is 1.05. The number of aromatic nitrogens is 1. The SMILES string of the molecule is c1ccc2sc(-c3ccc(Nc4ccc(-c5ccc6sc7ccccc7c6c5)cc4)cc3)nc2c1. The lowest BCUT2D eigenvalue weighted by molar-refractivity contribution is 1.47. The second-order valence-corrected chi connectivity index (χ2v) is 10.7. The Morgan fingerprint density at radius 3 is 1.89 bits per heavy atom. The van der Waals surface area contributed by atoms with Gasteiger partial charge in [0.05, 0.1) is 10.2 Å². The fraction of sp³-hybridized carbons (Fsp3) is 0. The number of benzene rings is 5. The quantitative estimate of drug-likeness (QED) is 0.269. The number of thiophene rings is 1. The lowest BCUT2D eigenvalue weighted by Gasteiger charge is -2.09. The molecule has 0 aliphatic rings. The van der Waals surface area contributed by atoms with Crippen LogP contribution in [-0.2, 0) is 0 Å². The number of hydrogen-bond acceptors (Lipinski definition) is 4. The summed E-state index contributed by atoms with van der Waals surface area (Å²) in [5.41, 5.74) is 6.80. The highest BCUT2D eigenvalue weighted by molar-refractivity contribution is 7.25. The molecule has 0 unspecified atom stereocenters. The molecule has 1 N–H and O–H groups in total. The molecule has 2 nitrogen and oxygen atoms in total.